The van der Waals surface area contributed by atoms with Crippen LogP contribution in [0.4, 0.5) is 0 Å². The van der Waals surface area contributed by atoms with E-state index in [4.69, 9.17) is 0 Å². The van der Waals surface area contributed by atoms with Gasteiger partial charge < -0.3 is 0 Å². The number of allylic oxidation sites excluding steroid dienone is 3. The summed E-state index contributed by atoms with van der Waals surface area (Å²) in [5, 5.41) is 0. The summed E-state index contributed by atoms with van der Waals surface area (Å²) in [5.74, 6) is 1.70. The van der Waals surface area contributed by atoms with Gasteiger partial charge in [-0.05, 0) is 37.2 Å². The first kappa shape index (κ1) is 8.58. The molecule has 11 heavy (non-hydrogen) atoms. The molecule has 0 nitrogen and oxygen atoms in total. The largest absolute Gasteiger partial charge is 0.0988 e. The van der Waals surface area contributed by atoms with Gasteiger partial charge in [-0.15, -0.1) is 0 Å². The molecule has 0 aromatic carbocycles. The SMILES string of the molecule is C=CC1=C(C)CC(C(C)C)C1. The molecule has 62 valence electrons. The van der Waals surface area contributed by atoms with Gasteiger partial charge in [0.1, 0.15) is 0 Å². The Morgan fingerprint density at radius 1 is 1.45 bits per heavy atom. The lowest BCUT2D eigenvalue weighted by atomic mass is 9.92. The highest BCUT2D eigenvalue weighted by Gasteiger charge is 2.21. The van der Waals surface area contributed by atoms with Gasteiger partial charge in [0.2, 0.25) is 0 Å². The second-order valence-electron chi connectivity index (χ2n) is 3.92. The Balaban J connectivity index is 2.60. The predicted octanol–water partition coefficient (Wildman–Crippen LogP) is 3.55. The fourth-order valence-electron chi connectivity index (χ4n) is 1.78. The standard InChI is InChI=1S/C11H18/c1-5-10-7-11(8(2)3)6-9(10)4/h5,8,11H,1,6-7H2,2-4H3. The maximum atomic E-state index is 3.83. The zero-order valence-corrected chi connectivity index (χ0v) is 7.85. The van der Waals surface area contributed by atoms with Crippen LogP contribution < -0.4 is 0 Å². The first-order chi connectivity index (χ1) is 5.15. The maximum Gasteiger partial charge on any atom is -0.0246 e. The van der Waals surface area contributed by atoms with Crippen LogP contribution in [0.25, 0.3) is 0 Å². The van der Waals surface area contributed by atoms with Gasteiger partial charge >= 0.3 is 0 Å². The van der Waals surface area contributed by atoms with Crippen LogP contribution in [0.1, 0.15) is 33.6 Å². The quantitative estimate of drug-likeness (QED) is 0.564. The third-order valence-corrected chi connectivity index (χ3v) is 2.79. The fourth-order valence-corrected chi connectivity index (χ4v) is 1.78. The second kappa shape index (κ2) is 3.25. The van der Waals surface area contributed by atoms with Crippen LogP contribution in [0.2, 0.25) is 0 Å². The first-order valence-corrected chi connectivity index (χ1v) is 4.46. The Morgan fingerprint density at radius 3 is 2.36 bits per heavy atom. The normalized spacial score (nSPS) is 24.9. The number of hydrogen-bond acceptors (Lipinski definition) is 0. The summed E-state index contributed by atoms with van der Waals surface area (Å²) in [6.45, 7) is 10.7. The van der Waals surface area contributed by atoms with Gasteiger partial charge in [0, 0.05) is 0 Å². The molecule has 0 aliphatic heterocycles. The molecule has 1 rings (SSSR count). The van der Waals surface area contributed by atoms with Crippen molar-refractivity contribution in [2.24, 2.45) is 11.8 Å². The Morgan fingerprint density at radius 2 is 2.09 bits per heavy atom. The van der Waals surface area contributed by atoms with E-state index >= 15 is 0 Å². The molecule has 0 heteroatoms. The molecule has 0 aromatic rings. The third-order valence-electron chi connectivity index (χ3n) is 2.79. The lowest BCUT2D eigenvalue weighted by molar-refractivity contribution is 0.402. The molecule has 0 spiro atoms. The zero-order chi connectivity index (χ0) is 8.43. The van der Waals surface area contributed by atoms with Crippen molar-refractivity contribution in [3.8, 4) is 0 Å². The number of rotatable bonds is 2. The van der Waals surface area contributed by atoms with Crippen molar-refractivity contribution in [1.29, 1.82) is 0 Å². The van der Waals surface area contributed by atoms with Crippen LogP contribution in [-0.2, 0) is 0 Å². The van der Waals surface area contributed by atoms with E-state index < -0.39 is 0 Å². The number of hydrogen-bond donors (Lipinski definition) is 0. The average Bonchev–Trinajstić information content (AvgIpc) is 2.31. The zero-order valence-electron chi connectivity index (χ0n) is 7.85. The highest BCUT2D eigenvalue weighted by Crippen LogP contribution is 2.35. The second-order valence-corrected chi connectivity index (χ2v) is 3.92. The van der Waals surface area contributed by atoms with E-state index in [2.05, 4.69) is 27.4 Å². The van der Waals surface area contributed by atoms with Crippen molar-refractivity contribution < 1.29 is 0 Å². The third kappa shape index (κ3) is 1.74. The summed E-state index contributed by atoms with van der Waals surface area (Å²) in [6.07, 6.45) is 4.57. The summed E-state index contributed by atoms with van der Waals surface area (Å²) in [4.78, 5) is 0. The van der Waals surface area contributed by atoms with Gasteiger partial charge in [0.05, 0.1) is 0 Å². The van der Waals surface area contributed by atoms with Gasteiger partial charge in [-0.2, -0.15) is 0 Å². The summed E-state index contributed by atoms with van der Waals surface area (Å²) >= 11 is 0. The average molecular weight is 150 g/mol. The van der Waals surface area contributed by atoms with Crippen molar-refractivity contribution in [3.05, 3.63) is 23.8 Å². The van der Waals surface area contributed by atoms with E-state index in [1.807, 2.05) is 6.08 Å². The van der Waals surface area contributed by atoms with Crippen LogP contribution in [-0.4, -0.2) is 0 Å². The molecule has 0 N–H and O–H groups in total. The van der Waals surface area contributed by atoms with Crippen molar-refractivity contribution in [2.45, 2.75) is 33.6 Å². The molecule has 1 aliphatic carbocycles. The topological polar surface area (TPSA) is 0 Å². The summed E-state index contributed by atoms with van der Waals surface area (Å²) in [7, 11) is 0. The van der Waals surface area contributed by atoms with Crippen molar-refractivity contribution in [2.75, 3.05) is 0 Å². The molecule has 0 fully saturated rings. The molecule has 0 saturated heterocycles. The summed E-state index contributed by atoms with van der Waals surface area (Å²) in [6, 6.07) is 0. The minimum Gasteiger partial charge on any atom is -0.0988 e. The Hall–Kier alpha value is -0.520. The fraction of sp³-hybridized carbons (Fsp3) is 0.636. The summed E-state index contributed by atoms with van der Waals surface area (Å²) in [5.41, 5.74) is 3.04. The molecule has 0 radical (unpaired) electrons. The molecule has 1 aliphatic rings. The van der Waals surface area contributed by atoms with Gasteiger partial charge in [-0.3, -0.25) is 0 Å². The van der Waals surface area contributed by atoms with Gasteiger partial charge in [0.15, 0.2) is 0 Å². The minimum atomic E-state index is 0.822. The maximum absolute atomic E-state index is 3.83. The van der Waals surface area contributed by atoms with E-state index in [0.717, 1.165) is 11.8 Å². The van der Waals surface area contributed by atoms with Gasteiger partial charge in [-0.25, -0.2) is 0 Å². The molecule has 0 bridgehead atoms. The highest BCUT2D eigenvalue weighted by molar-refractivity contribution is 5.28. The summed E-state index contributed by atoms with van der Waals surface area (Å²) < 4.78 is 0. The lowest BCUT2D eigenvalue weighted by Gasteiger charge is -2.13. The molecule has 0 saturated carbocycles. The van der Waals surface area contributed by atoms with E-state index in [0.29, 0.717) is 0 Å². The minimum absolute atomic E-state index is 0.822. The van der Waals surface area contributed by atoms with E-state index in [1.54, 1.807) is 5.57 Å². The Bertz CT molecular complexity index is 184. The Kier molecular flexibility index (Phi) is 2.53. The van der Waals surface area contributed by atoms with Crippen molar-refractivity contribution in [3.63, 3.8) is 0 Å². The predicted molar refractivity (Wildman–Crippen MR) is 50.5 cm³/mol. The van der Waals surface area contributed by atoms with Crippen LogP contribution in [0.3, 0.4) is 0 Å². The molecule has 0 amide bonds. The van der Waals surface area contributed by atoms with E-state index in [-0.39, 0.29) is 0 Å². The van der Waals surface area contributed by atoms with E-state index in [9.17, 15) is 0 Å². The Labute approximate surface area is 70.0 Å². The monoisotopic (exact) mass is 150 g/mol. The molecular formula is C11H18. The molecule has 1 atom stereocenters. The van der Waals surface area contributed by atoms with E-state index in [1.165, 1.54) is 18.4 Å². The van der Waals surface area contributed by atoms with Gasteiger partial charge in [0.25, 0.3) is 0 Å². The van der Waals surface area contributed by atoms with Crippen LogP contribution in [0, 0.1) is 11.8 Å². The molecule has 0 heterocycles. The molecular weight excluding hydrogens is 132 g/mol. The first-order valence-electron chi connectivity index (χ1n) is 4.46. The lowest BCUT2D eigenvalue weighted by Crippen LogP contribution is -2.03. The smallest absolute Gasteiger partial charge is 0.0246 e. The molecule has 0 aromatic heterocycles. The van der Waals surface area contributed by atoms with Gasteiger partial charge in [-0.1, -0.05) is 32.1 Å². The van der Waals surface area contributed by atoms with Crippen LogP contribution in [0.15, 0.2) is 23.8 Å². The molecule has 1 unspecified atom stereocenters. The van der Waals surface area contributed by atoms with Crippen LogP contribution in [0.5, 0.6) is 0 Å². The van der Waals surface area contributed by atoms with Crippen molar-refractivity contribution >= 4 is 0 Å². The highest BCUT2D eigenvalue weighted by atomic mass is 14.3. The van der Waals surface area contributed by atoms with Crippen molar-refractivity contribution in [1.82, 2.24) is 0 Å². The van der Waals surface area contributed by atoms with Crippen LogP contribution >= 0.6 is 0 Å².